The fourth-order valence-corrected chi connectivity index (χ4v) is 20.2. The van der Waals surface area contributed by atoms with Gasteiger partial charge in [-0.1, -0.05) is 326 Å². The lowest BCUT2D eigenvalue weighted by atomic mass is 9.77. The van der Waals surface area contributed by atoms with Gasteiger partial charge >= 0.3 is 0 Å². The van der Waals surface area contributed by atoms with Crippen molar-refractivity contribution in [3.05, 3.63) is 215 Å². The van der Waals surface area contributed by atoms with Crippen LogP contribution in [0.3, 0.4) is 0 Å². The average Bonchev–Trinajstić information content (AvgIpc) is 1.31. The van der Waals surface area contributed by atoms with E-state index in [4.69, 9.17) is 18.9 Å². The molecule has 0 atom stereocenters. The zero-order chi connectivity index (χ0) is 70.9. The monoisotopic (exact) mass is 1390 g/mol. The molecular weight excluding hydrogens is 1290 g/mol. The van der Waals surface area contributed by atoms with Gasteiger partial charge < -0.3 is 18.9 Å². The molecule has 0 aromatic heterocycles. The molecule has 0 fully saturated rings. The third kappa shape index (κ3) is 10.5. The highest BCUT2D eigenvalue weighted by Crippen LogP contribution is 2.62. The van der Waals surface area contributed by atoms with Crippen LogP contribution in [0.15, 0.2) is 182 Å². The molecule has 530 valence electrons. The molecule has 17 aromatic rings. The molecule has 0 radical (unpaired) electrons. The highest BCUT2D eigenvalue weighted by molar-refractivity contribution is 6.59. The van der Waals surface area contributed by atoms with Crippen molar-refractivity contribution in [3.63, 3.8) is 0 Å². The lowest BCUT2D eigenvalue weighted by molar-refractivity contribution is 0.294. The predicted octanol–water partition coefficient (Wildman–Crippen LogP) is 28.1. The summed E-state index contributed by atoms with van der Waals surface area (Å²) in [4.78, 5) is 0. The number of benzene rings is 15. The van der Waals surface area contributed by atoms with Gasteiger partial charge in [0.1, 0.15) is 23.0 Å². The van der Waals surface area contributed by atoms with Crippen molar-refractivity contribution < 1.29 is 18.9 Å². The van der Waals surface area contributed by atoms with E-state index in [1.165, 1.54) is 298 Å². The van der Waals surface area contributed by atoms with Crippen LogP contribution in [0.1, 0.15) is 204 Å². The van der Waals surface area contributed by atoms with Crippen molar-refractivity contribution in [2.45, 2.75) is 182 Å². The molecule has 0 saturated heterocycles. The lowest BCUT2D eigenvalue weighted by Gasteiger charge is -2.27. The third-order valence-electron chi connectivity index (χ3n) is 24.8. The summed E-state index contributed by atoms with van der Waals surface area (Å²) in [7, 11) is 0. The molecule has 4 heteroatoms. The van der Waals surface area contributed by atoms with Gasteiger partial charge in [-0.25, -0.2) is 0 Å². The molecule has 2 aliphatic carbocycles. The summed E-state index contributed by atoms with van der Waals surface area (Å²) in [6, 6.07) is 71.0. The maximum atomic E-state index is 7.64. The molecule has 0 N–H and O–H groups in total. The summed E-state index contributed by atoms with van der Waals surface area (Å²) in [5.41, 5.74) is 12.8. The zero-order valence-corrected chi connectivity index (χ0v) is 62.8. The summed E-state index contributed by atoms with van der Waals surface area (Å²) < 4.78 is 30.6. The van der Waals surface area contributed by atoms with Crippen LogP contribution in [0.2, 0.25) is 0 Å². The molecule has 0 heterocycles. The number of fused-ring (bicyclic) bond motifs is 10. The minimum Gasteiger partial charge on any atom is -0.493 e. The van der Waals surface area contributed by atoms with Gasteiger partial charge in [0.25, 0.3) is 0 Å². The van der Waals surface area contributed by atoms with E-state index in [2.05, 4.69) is 210 Å². The number of unbranched alkanes of at least 4 members (excludes halogenated alkanes) is 20. The van der Waals surface area contributed by atoms with Crippen LogP contribution in [0, 0.1) is 0 Å². The van der Waals surface area contributed by atoms with Crippen LogP contribution in [0.4, 0.5) is 0 Å². The van der Waals surface area contributed by atoms with Crippen LogP contribution < -0.4 is 29.4 Å². The molecule has 4 nitrogen and oxygen atoms in total. The molecule has 17 aromatic carbocycles. The fourth-order valence-electron chi connectivity index (χ4n) is 20.2. The second-order valence-electron chi connectivity index (χ2n) is 31.3. The number of hydrogen-bond donors (Lipinski definition) is 0. The Morgan fingerprint density at radius 2 is 0.377 bits per heavy atom. The van der Waals surface area contributed by atoms with Crippen molar-refractivity contribution >= 4 is 140 Å². The molecular formula is C102H98O4. The van der Waals surface area contributed by atoms with Crippen molar-refractivity contribution in [1.29, 1.82) is 0 Å². The Hall–Kier alpha value is -9.90. The first-order valence-corrected chi connectivity index (χ1v) is 41.2. The Bertz CT molecular complexity index is 5540. The standard InChI is InChI=1S/C102H98O4/c1-5-9-13-17-21-33-57-103-79-61-80(104-58-34-22-18-14-10-6-2)92-76-54-38-50-73-86(84-69-47-31-27-43-65(69)66-44-28-32-48-70(66)84)74-52-40-56-78-90(74)98-96(88(73)76)101-95-87-71(49-37-53-75(87)91(79)99(92)101)85(83-67-45-29-25-41-63(67)64-42-26-30-46-68(64)83)72-51-39-55-77-89(72)97(95)102(98)100-93(77)81(105-59-35-23-19-15-11-7-3)62-82(94(78)100)106-60-36-24-20-16-12-8-4/h25-32,37-56,61-62H,5-24,33-36,57-60H2,1-4H3. The van der Waals surface area contributed by atoms with E-state index in [0.29, 0.717) is 26.4 Å². The van der Waals surface area contributed by atoms with Gasteiger partial charge in [-0.05, 0) is 178 Å². The lowest BCUT2D eigenvalue weighted by Crippen LogP contribution is -2.09. The number of rotatable bonds is 32. The Kier molecular flexibility index (Phi) is 17.9. The van der Waals surface area contributed by atoms with Crippen molar-refractivity contribution in [2.75, 3.05) is 26.4 Å². The van der Waals surface area contributed by atoms with Crippen LogP contribution in [-0.4, -0.2) is 26.4 Å². The normalized spacial score (nSPS) is 13.0. The summed E-state index contributed by atoms with van der Waals surface area (Å²) in [6.07, 6.45) is 28.4. The maximum absolute atomic E-state index is 7.64. The van der Waals surface area contributed by atoms with Crippen molar-refractivity contribution in [1.82, 2.24) is 0 Å². The van der Waals surface area contributed by atoms with Crippen molar-refractivity contribution in [2.24, 2.45) is 0 Å². The molecule has 0 aliphatic heterocycles. The van der Waals surface area contributed by atoms with Gasteiger partial charge in [0.15, 0.2) is 0 Å². The van der Waals surface area contributed by atoms with E-state index in [1.807, 2.05) is 0 Å². The first kappa shape index (κ1) is 66.8. The minimum atomic E-state index is 0.625. The van der Waals surface area contributed by atoms with Crippen LogP contribution in [0.25, 0.3) is 163 Å². The number of ether oxygens (including phenoxy) is 4. The van der Waals surface area contributed by atoms with Gasteiger partial charge in [-0.15, -0.1) is 0 Å². The highest BCUT2D eigenvalue weighted by atomic mass is 16.5. The van der Waals surface area contributed by atoms with E-state index >= 15 is 0 Å². The molecule has 19 rings (SSSR count). The average molecular weight is 1390 g/mol. The second-order valence-corrected chi connectivity index (χ2v) is 31.3. The predicted molar refractivity (Wildman–Crippen MR) is 454 cm³/mol. The molecule has 0 bridgehead atoms. The summed E-state index contributed by atoms with van der Waals surface area (Å²) in [5.74, 6) is 3.66. The van der Waals surface area contributed by atoms with E-state index in [1.54, 1.807) is 0 Å². The second kappa shape index (κ2) is 28.4. The molecule has 0 amide bonds. The summed E-state index contributed by atoms with van der Waals surface area (Å²) in [6.45, 7) is 11.7. The SMILES string of the molecule is CCCCCCCCOc1cc(OCCCCCCCC)c2c3cccc4c(=C5c6ccccc6-c6ccccc65)c5cccc6c7c(OCCCCCCCC)cc(OCCCCCCCC)c8c9cccc%10c(=C%11c%12ccccc%12-c%12ccccc%12%11)c%11cccc%12c1c2c1c(c%11%12)c(c%109)c(c87)c(c56)c1c43. The zero-order valence-electron chi connectivity index (χ0n) is 62.8. The van der Waals surface area contributed by atoms with E-state index in [9.17, 15) is 0 Å². The highest BCUT2D eigenvalue weighted by Gasteiger charge is 2.36. The van der Waals surface area contributed by atoms with Gasteiger partial charge in [0.2, 0.25) is 0 Å². The molecule has 2 aliphatic rings. The first-order chi connectivity index (χ1) is 52.6. The Morgan fingerprint density at radius 3 is 0.623 bits per heavy atom. The van der Waals surface area contributed by atoms with E-state index in [-0.39, 0.29) is 0 Å². The topological polar surface area (TPSA) is 36.9 Å². The fraction of sp³-hybridized carbons (Fsp3) is 0.314. The van der Waals surface area contributed by atoms with Crippen molar-refractivity contribution in [3.8, 4) is 45.3 Å². The van der Waals surface area contributed by atoms with Gasteiger partial charge in [0.05, 0.1) is 26.4 Å². The van der Waals surface area contributed by atoms with Gasteiger partial charge in [0, 0.05) is 55.2 Å². The quantitative estimate of drug-likeness (QED) is 0.0239. The Balaban J connectivity index is 1.07. The summed E-state index contributed by atoms with van der Waals surface area (Å²) >= 11 is 0. The van der Waals surface area contributed by atoms with Crippen LogP contribution in [-0.2, 0) is 0 Å². The Labute approximate surface area is 623 Å². The van der Waals surface area contributed by atoms with Crippen LogP contribution in [0.5, 0.6) is 23.0 Å². The Morgan fingerprint density at radius 1 is 0.179 bits per heavy atom. The number of hydrogen-bond acceptors (Lipinski definition) is 4. The van der Waals surface area contributed by atoms with E-state index < -0.39 is 0 Å². The molecule has 106 heavy (non-hydrogen) atoms. The van der Waals surface area contributed by atoms with Crippen LogP contribution >= 0.6 is 0 Å². The largest absolute Gasteiger partial charge is 0.493 e. The van der Waals surface area contributed by atoms with Gasteiger partial charge in [-0.2, -0.15) is 0 Å². The smallest absolute Gasteiger partial charge is 0.131 e. The molecule has 0 spiro atoms. The minimum absolute atomic E-state index is 0.625. The molecule has 0 unspecified atom stereocenters. The maximum Gasteiger partial charge on any atom is 0.131 e. The third-order valence-corrected chi connectivity index (χ3v) is 24.8. The first-order valence-electron chi connectivity index (χ1n) is 41.2. The summed E-state index contributed by atoms with van der Waals surface area (Å²) in [5, 5.41) is 32.6. The molecule has 0 saturated carbocycles. The van der Waals surface area contributed by atoms with E-state index in [0.717, 1.165) is 74.4 Å². The van der Waals surface area contributed by atoms with Gasteiger partial charge in [-0.3, -0.25) is 0 Å².